The van der Waals surface area contributed by atoms with E-state index in [1.807, 2.05) is 30.3 Å². The van der Waals surface area contributed by atoms with Crippen molar-refractivity contribution in [3.63, 3.8) is 0 Å². The number of imidazole rings is 1. The molecule has 130 valence electrons. The molecule has 1 atom stereocenters. The highest BCUT2D eigenvalue weighted by atomic mass is 16.3. The number of hydrogen-bond donors (Lipinski definition) is 1. The van der Waals surface area contributed by atoms with Gasteiger partial charge < -0.3 is 9.51 Å². The molecule has 4 rings (SSSR count). The van der Waals surface area contributed by atoms with E-state index in [0.29, 0.717) is 5.92 Å². The van der Waals surface area contributed by atoms with Crippen LogP contribution >= 0.6 is 0 Å². The van der Waals surface area contributed by atoms with E-state index in [1.54, 1.807) is 0 Å². The van der Waals surface area contributed by atoms with Crippen LogP contribution in [0.25, 0.3) is 5.65 Å². The van der Waals surface area contributed by atoms with Gasteiger partial charge in [0.25, 0.3) is 0 Å². The maximum atomic E-state index is 10.6. The van der Waals surface area contributed by atoms with Crippen molar-refractivity contribution >= 4 is 5.65 Å². The monoisotopic (exact) mass is 335 g/mol. The molecule has 0 spiro atoms. The summed E-state index contributed by atoms with van der Waals surface area (Å²) in [6, 6.07) is 14.2. The molecule has 1 aliphatic rings. The lowest BCUT2D eigenvalue weighted by molar-refractivity contribution is 0.0565. The first-order valence-electron chi connectivity index (χ1n) is 9.08. The van der Waals surface area contributed by atoms with Gasteiger partial charge in [0.2, 0.25) is 0 Å². The summed E-state index contributed by atoms with van der Waals surface area (Å²) in [6.45, 7) is 5.01. The smallest absolute Gasteiger partial charge is 0.137 e. The number of aliphatic hydroxyl groups excluding tert-OH is 1. The molecule has 4 nitrogen and oxygen atoms in total. The predicted octanol–water partition coefficient (Wildman–Crippen LogP) is 3.59. The summed E-state index contributed by atoms with van der Waals surface area (Å²) in [7, 11) is 0. The lowest BCUT2D eigenvalue weighted by Gasteiger charge is -2.34. The van der Waals surface area contributed by atoms with E-state index in [9.17, 15) is 5.11 Å². The zero-order valence-corrected chi connectivity index (χ0v) is 14.7. The number of pyridine rings is 1. The molecule has 1 aliphatic heterocycles. The number of fused-ring (bicyclic) bond motifs is 1. The van der Waals surface area contributed by atoms with Crippen LogP contribution in [0.3, 0.4) is 0 Å². The Morgan fingerprint density at radius 1 is 1.08 bits per heavy atom. The molecule has 0 radical (unpaired) electrons. The van der Waals surface area contributed by atoms with E-state index in [0.717, 1.165) is 49.4 Å². The van der Waals surface area contributed by atoms with Crippen molar-refractivity contribution in [2.75, 3.05) is 13.1 Å². The molecule has 0 bridgehead atoms. The van der Waals surface area contributed by atoms with Crippen molar-refractivity contribution in [3.8, 4) is 0 Å². The van der Waals surface area contributed by atoms with Crippen LogP contribution in [0.2, 0.25) is 0 Å². The molecule has 1 aromatic carbocycles. The van der Waals surface area contributed by atoms with E-state index in [4.69, 9.17) is 4.98 Å². The summed E-state index contributed by atoms with van der Waals surface area (Å²) in [5, 5.41) is 10.6. The van der Waals surface area contributed by atoms with Gasteiger partial charge >= 0.3 is 0 Å². The summed E-state index contributed by atoms with van der Waals surface area (Å²) >= 11 is 0. The Morgan fingerprint density at radius 2 is 1.84 bits per heavy atom. The Morgan fingerprint density at radius 3 is 2.60 bits per heavy atom. The van der Waals surface area contributed by atoms with Crippen LogP contribution in [0.5, 0.6) is 0 Å². The number of nitrogens with zero attached hydrogens (tertiary/aromatic N) is 3. The van der Waals surface area contributed by atoms with Gasteiger partial charge in [-0.1, -0.05) is 36.4 Å². The van der Waals surface area contributed by atoms with Crippen molar-refractivity contribution in [3.05, 3.63) is 71.7 Å². The van der Waals surface area contributed by atoms with Crippen molar-refractivity contribution < 1.29 is 5.11 Å². The molecule has 0 amide bonds. The number of hydrogen-bond acceptors (Lipinski definition) is 3. The van der Waals surface area contributed by atoms with Crippen LogP contribution in [-0.2, 0) is 6.54 Å². The third-order valence-corrected chi connectivity index (χ3v) is 5.25. The van der Waals surface area contributed by atoms with Gasteiger partial charge in [-0.3, -0.25) is 4.90 Å². The Balaban J connectivity index is 1.36. The fourth-order valence-corrected chi connectivity index (χ4v) is 3.81. The lowest BCUT2D eigenvalue weighted by atomic mass is 9.87. The third kappa shape index (κ3) is 3.60. The standard InChI is InChI=1S/C21H25N3O/c1-16-7-8-20-22-19(15-24(20)13-16)14-23-11-9-18(10-12-23)21(25)17-5-3-2-4-6-17/h2-8,13,15,18,21,25H,9-12,14H2,1H3. The third-order valence-electron chi connectivity index (χ3n) is 5.25. The van der Waals surface area contributed by atoms with Crippen LogP contribution < -0.4 is 0 Å². The fraction of sp³-hybridized carbons (Fsp3) is 0.381. The van der Waals surface area contributed by atoms with E-state index < -0.39 is 0 Å². The molecule has 1 unspecified atom stereocenters. The molecule has 3 heterocycles. The molecule has 0 saturated carbocycles. The van der Waals surface area contributed by atoms with Gasteiger partial charge in [0, 0.05) is 18.9 Å². The van der Waals surface area contributed by atoms with E-state index >= 15 is 0 Å². The maximum absolute atomic E-state index is 10.6. The minimum atomic E-state index is -0.346. The van der Waals surface area contributed by atoms with Gasteiger partial charge in [0.1, 0.15) is 5.65 Å². The maximum Gasteiger partial charge on any atom is 0.137 e. The van der Waals surface area contributed by atoms with Crippen LogP contribution in [0.4, 0.5) is 0 Å². The highest BCUT2D eigenvalue weighted by molar-refractivity contribution is 5.41. The summed E-state index contributed by atoms with van der Waals surface area (Å²) in [6.07, 6.45) is 5.97. The fourth-order valence-electron chi connectivity index (χ4n) is 3.81. The van der Waals surface area contributed by atoms with Gasteiger partial charge in [0.05, 0.1) is 11.8 Å². The molecule has 0 aliphatic carbocycles. The Hall–Kier alpha value is -2.17. The Kier molecular flexibility index (Phi) is 4.55. The summed E-state index contributed by atoms with van der Waals surface area (Å²) < 4.78 is 2.11. The quantitative estimate of drug-likeness (QED) is 0.792. The number of benzene rings is 1. The summed E-state index contributed by atoms with van der Waals surface area (Å²) in [5.41, 5.74) is 4.41. The first kappa shape index (κ1) is 16.3. The highest BCUT2D eigenvalue weighted by Crippen LogP contribution is 2.31. The number of aryl methyl sites for hydroxylation is 1. The topological polar surface area (TPSA) is 40.8 Å². The number of rotatable bonds is 4. The van der Waals surface area contributed by atoms with Crippen LogP contribution in [-0.4, -0.2) is 32.5 Å². The first-order valence-corrected chi connectivity index (χ1v) is 9.08. The van der Waals surface area contributed by atoms with Crippen LogP contribution in [0.15, 0.2) is 54.9 Å². The number of aromatic nitrogens is 2. The average molecular weight is 335 g/mol. The number of likely N-dealkylation sites (tertiary alicyclic amines) is 1. The van der Waals surface area contributed by atoms with Gasteiger partial charge in [-0.05, 0) is 56.0 Å². The van der Waals surface area contributed by atoms with Crippen LogP contribution in [0.1, 0.15) is 35.8 Å². The molecule has 1 N–H and O–H groups in total. The molecule has 25 heavy (non-hydrogen) atoms. The van der Waals surface area contributed by atoms with Crippen molar-refractivity contribution in [1.29, 1.82) is 0 Å². The second-order valence-corrected chi connectivity index (χ2v) is 7.17. The first-order chi connectivity index (χ1) is 12.2. The van der Waals surface area contributed by atoms with Gasteiger partial charge in [-0.25, -0.2) is 4.98 Å². The van der Waals surface area contributed by atoms with E-state index in [1.165, 1.54) is 5.56 Å². The zero-order valence-electron chi connectivity index (χ0n) is 14.7. The van der Waals surface area contributed by atoms with Crippen molar-refractivity contribution in [2.45, 2.75) is 32.4 Å². The summed E-state index contributed by atoms with van der Waals surface area (Å²) in [4.78, 5) is 7.17. The van der Waals surface area contributed by atoms with Crippen LogP contribution in [0, 0.1) is 12.8 Å². The van der Waals surface area contributed by atoms with E-state index in [2.05, 4.69) is 40.8 Å². The van der Waals surface area contributed by atoms with Crippen molar-refractivity contribution in [2.24, 2.45) is 5.92 Å². The minimum Gasteiger partial charge on any atom is -0.388 e. The second-order valence-electron chi connectivity index (χ2n) is 7.17. The SMILES string of the molecule is Cc1ccc2nc(CN3CCC(C(O)c4ccccc4)CC3)cn2c1. The second kappa shape index (κ2) is 6.98. The molecule has 1 saturated heterocycles. The Labute approximate surface area is 148 Å². The molecule has 3 aromatic rings. The normalized spacial score (nSPS) is 17.8. The average Bonchev–Trinajstić information content (AvgIpc) is 3.04. The molecule has 4 heteroatoms. The molecular formula is C21H25N3O. The van der Waals surface area contributed by atoms with Gasteiger partial charge in [-0.2, -0.15) is 0 Å². The summed E-state index contributed by atoms with van der Waals surface area (Å²) in [5.74, 6) is 0.349. The minimum absolute atomic E-state index is 0.346. The lowest BCUT2D eigenvalue weighted by Crippen LogP contribution is -2.35. The highest BCUT2D eigenvalue weighted by Gasteiger charge is 2.26. The predicted molar refractivity (Wildman–Crippen MR) is 99.3 cm³/mol. The molecule has 2 aromatic heterocycles. The molecule has 1 fully saturated rings. The van der Waals surface area contributed by atoms with E-state index in [-0.39, 0.29) is 6.10 Å². The van der Waals surface area contributed by atoms with Crippen molar-refractivity contribution in [1.82, 2.24) is 14.3 Å². The van der Waals surface area contributed by atoms with Gasteiger partial charge in [-0.15, -0.1) is 0 Å². The number of piperidine rings is 1. The zero-order chi connectivity index (χ0) is 17.2. The largest absolute Gasteiger partial charge is 0.388 e. The number of aliphatic hydroxyl groups is 1. The van der Waals surface area contributed by atoms with Gasteiger partial charge in [0.15, 0.2) is 0 Å². The molecular weight excluding hydrogens is 310 g/mol. The Bertz CT molecular complexity index is 835.